The van der Waals surface area contributed by atoms with Crippen LogP contribution in [0.4, 0.5) is 5.69 Å². The van der Waals surface area contributed by atoms with Crippen LogP contribution >= 0.6 is 0 Å². The predicted octanol–water partition coefficient (Wildman–Crippen LogP) is 1.59. The predicted molar refractivity (Wildman–Crippen MR) is 96.8 cm³/mol. The quantitative estimate of drug-likeness (QED) is 0.848. The number of hydrogen-bond acceptors (Lipinski definition) is 4. The van der Waals surface area contributed by atoms with Gasteiger partial charge in [-0.25, -0.2) is 8.42 Å². The zero-order valence-corrected chi connectivity index (χ0v) is 14.8. The molecule has 0 saturated heterocycles. The van der Waals surface area contributed by atoms with Crippen molar-refractivity contribution in [2.45, 2.75) is 30.2 Å². The minimum absolute atomic E-state index is 0.238. The van der Waals surface area contributed by atoms with Crippen molar-refractivity contribution in [2.75, 3.05) is 17.4 Å². The number of anilines is 1. The summed E-state index contributed by atoms with van der Waals surface area (Å²) in [5.41, 5.74) is 5.93. The van der Waals surface area contributed by atoms with E-state index in [9.17, 15) is 13.2 Å². The van der Waals surface area contributed by atoms with Crippen molar-refractivity contribution in [3.63, 3.8) is 0 Å². The summed E-state index contributed by atoms with van der Waals surface area (Å²) in [5.74, 6) is 0.0468. The number of hydrogen-bond donors (Lipinski definition) is 2. The van der Waals surface area contributed by atoms with Crippen molar-refractivity contribution >= 4 is 32.4 Å². The molecule has 7 heteroatoms. The van der Waals surface area contributed by atoms with Gasteiger partial charge >= 0.3 is 0 Å². The average Bonchev–Trinajstić information content (AvgIpc) is 3.41. The van der Waals surface area contributed by atoms with Crippen LogP contribution in [0.25, 0.3) is 10.8 Å². The van der Waals surface area contributed by atoms with Gasteiger partial charge in [-0.2, -0.15) is 0 Å². The SMILES string of the molecule is CC(CN)(NC(=O)CN1c2cccc3cccc(c23)S1(=O)=O)C1CC1. The first-order chi connectivity index (χ1) is 11.9. The first-order valence-electron chi connectivity index (χ1n) is 8.42. The Morgan fingerprint density at radius 1 is 1.28 bits per heavy atom. The lowest BCUT2D eigenvalue weighted by Crippen LogP contribution is -2.55. The number of sulfonamides is 1. The van der Waals surface area contributed by atoms with E-state index in [0.29, 0.717) is 23.5 Å². The summed E-state index contributed by atoms with van der Waals surface area (Å²) >= 11 is 0. The Bertz CT molecular complexity index is 963. The molecule has 6 nitrogen and oxygen atoms in total. The Hall–Kier alpha value is -2.12. The molecular formula is C18H21N3O3S. The number of nitrogens with zero attached hydrogens (tertiary/aromatic N) is 1. The average molecular weight is 359 g/mol. The number of nitrogens with two attached hydrogens (primary N) is 1. The van der Waals surface area contributed by atoms with Crippen LogP contribution in [0.2, 0.25) is 0 Å². The van der Waals surface area contributed by atoms with Crippen molar-refractivity contribution in [1.82, 2.24) is 5.32 Å². The minimum atomic E-state index is -3.72. The standard InChI is InChI=1S/C18H21N3O3S/c1-18(11-19,13-8-9-13)20-16(22)10-21-14-6-2-4-12-5-3-7-15(17(12)14)25(21,23)24/h2-7,13H,8-11,19H2,1H3,(H,20,22). The third-order valence-electron chi connectivity index (χ3n) is 5.30. The molecule has 25 heavy (non-hydrogen) atoms. The maximum atomic E-state index is 12.9. The Morgan fingerprint density at radius 3 is 2.60 bits per heavy atom. The van der Waals surface area contributed by atoms with E-state index in [-0.39, 0.29) is 17.3 Å². The molecule has 0 aromatic heterocycles. The second-order valence-electron chi connectivity index (χ2n) is 7.09. The van der Waals surface area contributed by atoms with Crippen LogP contribution in [0.3, 0.4) is 0 Å². The molecule has 2 aromatic rings. The molecule has 1 unspecified atom stereocenters. The Kier molecular flexibility index (Phi) is 3.56. The smallest absolute Gasteiger partial charge is 0.265 e. The molecule has 1 aliphatic carbocycles. The first-order valence-corrected chi connectivity index (χ1v) is 9.86. The van der Waals surface area contributed by atoms with Gasteiger partial charge in [0.25, 0.3) is 10.0 Å². The molecule has 0 spiro atoms. The molecule has 1 saturated carbocycles. The summed E-state index contributed by atoms with van der Waals surface area (Å²) in [5, 5.41) is 4.49. The van der Waals surface area contributed by atoms with E-state index in [4.69, 9.17) is 5.73 Å². The molecule has 1 aliphatic heterocycles. The fraction of sp³-hybridized carbons (Fsp3) is 0.389. The summed E-state index contributed by atoms with van der Waals surface area (Å²) in [6.45, 7) is 2.03. The van der Waals surface area contributed by atoms with E-state index in [1.54, 1.807) is 24.3 Å². The van der Waals surface area contributed by atoms with Crippen molar-refractivity contribution in [1.29, 1.82) is 0 Å². The summed E-state index contributed by atoms with van der Waals surface area (Å²) < 4.78 is 27.0. The van der Waals surface area contributed by atoms with E-state index < -0.39 is 15.6 Å². The van der Waals surface area contributed by atoms with Crippen LogP contribution in [0.5, 0.6) is 0 Å². The molecule has 4 rings (SSSR count). The molecule has 0 radical (unpaired) electrons. The zero-order valence-electron chi connectivity index (χ0n) is 14.0. The second kappa shape index (κ2) is 5.44. The maximum Gasteiger partial charge on any atom is 0.265 e. The van der Waals surface area contributed by atoms with Crippen LogP contribution < -0.4 is 15.4 Å². The van der Waals surface area contributed by atoms with Gasteiger partial charge in [0.2, 0.25) is 5.91 Å². The fourth-order valence-corrected chi connectivity index (χ4v) is 5.32. The van der Waals surface area contributed by atoms with Gasteiger partial charge in [-0.05, 0) is 43.2 Å². The molecule has 2 aromatic carbocycles. The van der Waals surface area contributed by atoms with Crippen molar-refractivity contribution < 1.29 is 13.2 Å². The first kappa shape index (κ1) is 16.4. The number of carbonyl (C=O) groups excluding carboxylic acids is 1. The number of rotatable bonds is 5. The molecular weight excluding hydrogens is 338 g/mol. The highest BCUT2D eigenvalue weighted by atomic mass is 32.2. The topological polar surface area (TPSA) is 92.5 Å². The van der Waals surface area contributed by atoms with Gasteiger partial charge in [-0.1, -0.05) is 24.3 Å². The van der Waals surface area contributed by atoms with Gasteiger partial charge in [-0.15, -0.1) is 0 Å². The highest BCUT2D eigenvalue weighted by molar-refractivity contribution is 7.93. The maximum absolute atomic E-state index is 12.9. The molecule has 1 atom stereocenters. The largest absolute Gasteiger partial charge is 0.348 e. The van der Waals surface area contributed by atoms with E-state index >= 15 is 0 Å². The number of benzene rings is 2. The molecule has 3 N–H and O–H groups in total. The third-order valence-corrected chi connectivity index (χ3v) is 7.10. The van der Waals surface area contributed by atoms with Crippen molar-refractivity contribution in [3.05, 3.63) is 36.4 Å². The summed E-state index contributed by atoms with van der Waals surface area (Å²) in [7, 11) is -3.72. The molecule has 1 fully saturated rings. The number of amides is 1. The molecule has 1 amide bonds. The van der Waals surface area contributed by atoms with Crippen LogP contribution in [-0.2, 0) is 14.8 Å². The highest BCUT2D eigenvalue weighted by Crippen LogP contribution is 2.42. The Balaban J connectivity index is 1.66. The number of nitrogens with one attached hydrogen (secondary N) is 1. The second-order valence-corrected chi connectivity index (χ2v) is 8.92. The Labute approximate surface area is 147 Å². The highest BCUT2D eigenvalue weighted by Gasteiger charge is 2.43. The van der Waals surface area contributed by atoms with E-state index in [1.165, 1.54) is 4.31 Å². The van der Waals surface area contributed by atoms with Crippen LogP contribution in [0, 0.1) is 5.92 Å². The van der Waals surface area contributed by atoms with E-state index in [2.05, 4.69) is 5.32 Å². The number of carbonyl (C=O) groups is 1. The minimum Gasteiger partial charge on any atom is -0.348 e. The third kappa shape index (κ3) is 2.49. The van der Waals surface area contributed by atoms with Gasteiger partial charge in [0.15, 0.2) is 0 Å². The van der Waals surface area contributed by atoms with Crippen LogP contribution in [-0.4, -0.2) is 33.0 Å². The molecule has 132 valence electrons. The van der Waals surface area contributed by atoms with Gasteiger partial charge < -0.3 is 11.1 Å². The van der Waals surface area contributed by atoms with Crippen LogP contribution in [0.15, 0.2) is 41.3 Å². The fourth-order valence-electron chi connectivity index (χ4n) is 3.66. The summed E-state index contributed by atoms with van der Waals surface area (Å²) in [6.07, 6.45) is 2.08. The summed E-state index contributed by atoms with van der Waals surface area (Å²) in [4.78, 5) is 12.9. The summed E-state index contributed by atoms with van der Waals surface area (Å²) in [6, 6.07) is 10.6. The lowest BCUT2D eigenvalue weighted by atomic mass is 9.96. The van der Waals surface area contributed by atoms with E-state index in [1.807, 2.05) is 19.1 Å². The van der Waals surface area contributed by atoms with Crippen molar-refractivity contribution in [2.24, 2.45) is 11.7 Å². The lowest BCUT2D eigenvalue weighted by Gasteiger charge is -2.30. The van der Waals surface area contributed by atoms with E-state index in [0.717, 1.165) is 18.2 Å². The normalized spacial score (nSPS) is 20.5. The van der Waals surface area contributed by atoms with Crippen LogP contribution in [0.1, 0.15) is 19.8 Å². The monoisotopic (exact) mass is 359 g/mol. The zero-order chi connectivity index (χ0) is 17.8. The van der Waals surface area contributed by atoms with Gasteiger partial charge in [0.1, 0.15) is 6.54 Å². The van der Waals surface area contributed by atoms with Crippen molar-refractivity contribution in [3.8, 4) is 0 Å². The molecule has 1 heterocycles. The lowest BCUT2D eigenvalue weighted by molar-refractivity contribution is -0.121. The Morgan fingerprint density at radius 2 is 1.96 bits per heavy atom. The molecule has 0 bridgehead atoms. The molecule has 2 aliphatic rings. The van der Waals surface area contributed by atoms with Gasteiger partial charge in [-0.3, -0.25) is 9.10 Å². The van der Waals surface area contributed by atoms with Gasteiger partial charge in [0, 0.05) is 11.9 Å². The van der Waals surface area contributed by atoms with Gasteiger partial charge in [0.05, 0.1) is 16.1 Å².